The summed E-state index contributed by atoms with van der Waals surface area (Å²) in [5.74, 6) is -0.0800. The molecule has 0 saturated heterocycles. The third-order valence-electron chi connectivity index (χ3n) is 2.29. The molecule has 0 saturated carbocycles. The number of aromatic amines is 1. The SMILES string of the molecule is O=c1ccc(-c2ccc(F)cc2)c(CCl)[nH]1. The van der Waals surface area contributed by atoms with Gasteiger partial charge in [0, 0.05) is 17.3 Å². The van der Waals surface area contributed by atoms with Crippen LogP contribution in [0.4, 0.5) is 4.39 Å². The van der Waals surface area contributed by atoms with Gasteiger partial charge < -0.3 is 4.98 Å². The zero-order valence-electron chi connectivity index (χ0n) is 8.34. The van der Waals surface area contributed by atoms with Gasteiger partial charge in [0.2, 0.25) is 5.56 Å². The maximum Gasteiger partial charge on any atom is 0.248 e. The third-order valence-corrected chi connectivity index (χ3v) is 2.56. The third kappa shape index (κ3) is 2.14. The quantitative estimate of drug-likeness (QED) is 0.801. The normalized spacial score (nSPS) is 10.4. The van der Waals surface area contributed by atoms with E-state index in [-0.39, 0.29) is 17.3 Å². The maximum atomic E-state index is 12.8. The molecule has 0 radical (unpaired) electrons. The van der Waals surface area contributed by atoms with Crippen LogP contribution in [0.2, 0.25) is 0 Å². The van der Waals surface area contributed by atoms with E-state index in [1.165, 1.54) is 18.2 Å². The van der Waals surface area contributed by atoms with Crippen molar-refractivity contribution in [3.63, 3.8) is 0 Å². The second-order valence-corrected chi connectivity index (χ2v) is 3.62. The van der Waals surface area contributed by atoms with E-state index < -0.39 is 0 Å². The number of hydrogen-bond donors (Lipinski definition) is 1. The molecule has 0 atom stereocenters. The summed E-state index contributed by atoms with van der Waals surface area (Å²) in [6.07, 6.45) is 0. The molecule has 0 spiro atoms. The second kappa shape index (κ2) is 4.49. The Hall–Kier alpha value is -1.61. The molecule has 0 amide bonds. The minimum atomic E-state index is -0.291. The number of pyridine rings is 1. The Balaban J connectivity index is 2.55. The van der Waals surface area contributed by atoms with Crippen LogP contribution in [0, 0.1) is 5.82 Å². The van der Waals surface area contributed by atoms with Crippen LogP contribution in [-0.2, 0) is 5.88 Å². The Kier molecular flexibility index (Phi) is 3.06. The van der Waals surface area contributed by atoms with Crippen LogP contribution >= 0.6 is 11.6 Å². The highest BCUT2D eigenvalue weighted by molar-refractivity contribution is 6.17. The smallest absolute Gasteiger partial charge is 0.248 e. The van der Waals surface area contributed by atoms with Gasteiger partial charge in [0.25, 0.3) is 0 Å². The minimum Gasteiger partial charge on any atom is -0.324 e. The van der Waals surface area contributed by atoms with Crippen molar-refractivity contribution >= 4 is 11.6 Å². The molecule has 0 aliphatic heterocycles. The van der Waals surface area contributed by atoms with Gasteiger partial charge in [-0.15, -0.1) is 11.6 Å². The summed E-state index contributed by atoms with van der Waals surface area (Å²) in [7, 11) is 0. The Morgan fingerprint density at radius 2 is 1.81 bits per heavy atom. The first-order valence-electron chi connectivity index (χ1n) is 4.75. The summed E-state index contributed by atoms with van der Waals surface area (Å²) < 4.78 is 12.8. The molecule has 1 heterocycles. The number of aromatic nitrogens is 1. The molecule has 0 aliphatic rings. The lowest BCUT2D eigenvalue weighted by molar-refractivity contribution is 0.628. The molecule has 2 aromatic rings. The van der Waals surface area contributed by atoms with Crippen LogP contribution in [0.25, 0.3) is 11.1 Å². The number of benzene rings is 1. The van der Waals surface area contributed by atoms with E-state index in [1.807, 2.05) is 0 Å². The van der Waals surface area contributed by atoms with Crippen LogP contribution in [-0.4, -0.2) is 4.98 Å². The van der Waals surface area contributed by atoms with E-state index >= 15 is 0 Å². The van der Waals surface area contributed by atoms with Gasteiger partial charge in [-0.2, -0.15) is 0 Å². The zero-order chi connectivity index (χ0) is 11.5. The lowest BCUT2D eigenvalue weighted by Crippen LogP contribution is -2.07. The summed E-state index contributed by atoms with van der Waals surface area (Å²) >= 11 is 5.74. The lowest BCUT2D eigenvalue weighted by atomic mass is 10.0. The van der Waals surface area contributed by atoms with Crippen LogP contribution in [0.3, 0.4) is 0 Å². The first kappa shape index (κ1) is 10.9. The number of nitrogens with one attached hydrogen (secondary N) is 1. The molecular formula is C12H9ClFNO. The highest BCUT2D eigenvalue weighted by atomic mass is 35.5. The molecule has 1 aromatic carbocycles. The number of halogens is 2. The highest BCUT2D eigenvalue weighted by Gasteiger charge is 2.05. The van der Waals surface area contributed by atoms with E-state index in [4.69, 9.17) is 11.6 Å². The van der Waals surface area contributed by atoms with Crippen molar-refractivity contribution in [2.75, 3.05) is 0 Å². The second-order valence-electron chi connectivity index (χ2n) is 3.36. The molecule has 0 aliphatic carbocycles. The molecule has 2 nitrogen and oxygen atoms in total. The molecule has 16 heavy (non-hydrogen) atoms. The Labute approximate surface area is 96.7 Å². The minimum absolute atomic E-state index is 0.193. The fourth-order valence-electron chi connectivity index (χ4n) is 1.52. The number of H-pyrrole nitrogens is 1. The fraction of sp³-hybridized carbons (Fsp3) is 0.0833. The van der Waals surface area contributed by atoms with Gasteiger partial charge in [-0.3, -0.25) is 4.79 Å². The number of alkyl halides is 1. The molecule has 1 N–H and O–H groups in total. The van der Waals surface area contributed by atoms with E-state index in [0.717, 1.165) is 11.1 Å². The molecule has 1 aromatic heterocycles. The van der Waals surface area contributed by atoms with E-state index in [0.29, 0.717) is 5.69 Å². The van der Waals surface area contributed by atoms with Crippen LogP contribution in [0.1, 0.15) is 5.69 Å². The van der Waals surface area contributed by atoms with Crippen molar-refractivity contribution in [2.24, 2.45) is 0 Å². The van der Waals surface area contributed by atoms with Gasteiger partial charge in [-0.25, -0.2) is 4.39 Å². The summed E-state index contributed by atoms with van der Waals surface area (Å²) in [6, 6.07) is 9.16. The predicted octanol–water partition coefficient (Wildman–Crippen LogP) is 2.92. The number of rotatable bonds is 2. The summed E-state index contributed by atoms with van der Waals surface area (Å²) in [6.45, 7) is 0. The van der Waals surface area contributed by atoms with E-state index in [2.05, 4.69) is 4.98 Å². The molecule has 0 unspecified atom stereocenters. The molecule has 4 heteroatoms. The van der Waals surface area contributed by atoms with Crippen LogP contribution in [0.5, 0.6) is 0 Å². The molecule has 2 rings (SSSR count). The molecular weight excluding hydrogens is 229 g/mol. The van der Waals surface area contributed by atoms with Gasteiger partial charge in [0.05, 0.1) is 5.88 Å². The Bertz CT molecular complexity index is 548. The zero-order valence-corrected chi connectivity index (χ0v) is 9.09. The Morgan fingerprint density at radius 1 is 1.12 bits per heavy atom. The first-order valence-corrected chi connectivity index (χ1v) is 5.28. The van der Waals surface area contributed by atoms with E-state index in [1.54, 1.807) is 18.2 Å². The maximum absolute atomic E-state index is 12.8. The largest absolute Gasteiger partial charge is 0.324 e. The van der Waals surface area contributed by atoms with Crippen molar-refractivity contribution < 1.29 is 4.39 Å². The van der Waals surface area contributed by atoms with Gasteiger partial charge in [0.1, 0.15) is 5.82 Å². The van der Waals surface area contributed by atoms with Crippen molar-refractivity contribution in [3.8, 4) is 11.1 Å². The van der Waals surface area contributed by atoms with Gasteiger partial charge in [0.15, 0.2) is 0 Å². The average molecular weight is 238 g/mol. The lowest BCUT2D eigenvalue weighted by Gasteiger charge is -2.06. The molecule has 82 valence electrons. The average Bonchev–Trinajstić information content (AvgIpc) is 2.30. The number of hydrogen-bond acceptors (Lipinski definition) is 1. The standard InChI is InChI=1S/C12H9ClFNO/c13-7-11-10(5-6-12(16)15-11)8-1-3-9(14)4-2-8/h1-6H,7H2,(H,15,16). The molecule has 0 bridgehead atoms. The summed E-state index contributed by atoms with van der Waals surface area (Å²) in [5.41, 5.74) is 2.09. The van der Waals surface area contributed by atoms with Gasteiger partial charge in [-0.1, -0.05) is 12.1 Å². The van der Waals surface area contributed by atoms with Crippen molar-refractivity contribution in [2.45, 2.75) is 5.88 Å². The fourth-order valence-corrected chi connectivity index (χ4v) is 1.73. The molecule has 0 fully saturated rings. The predicted molar refractivity (Wildman–Crippen MR) is 62.0 cm³/mol. The van der Waals surface area contributed by atoms with Crippen molar-refractivity contribution in [3.05, 3.63) is 58.3 Å². The summed E-state index contributed by atoms with van der Waals surface area (Å²) in [5, 5.41) is 0. The van der Waals surface area contributed by atoms with E-state index in [9.17, 15) is 9.18 Å². The van der Waals surface area contributed by atoms with Crippen molar-refractivity contribution in [1.82, 2.24) is 4.98 Å². The Morgan fingerprint density at radius 3 is 2.44 bits per heavy atom. The van der Waals surface area contributed by atoms with Crippen LogP contribution < -0.4 is 5.56 Å². The highest BCUT2D eigenvalue weighted by Crippen LogP contribution is 2.22. The monoisotopic (exact) mass is 237 g/mol. The first-order chi connectivity index (χ1) is 7.70. The van der Waals surface area contributed by atoms with Gasteiger partial charge >= 0.3 is 0 Å². The topological polar surface area (TPSA) is 32.9 Å². The van der Waals surface area contributed by atoms with Crippen LogP contribution in [0.15, 0.2) is 41.2 Å². The van der Waals surface area contributed by atoms with Crippen molar-refractivity contribution in [1.29, 1.82) is 0 Å². The van der Waals surface area contributed by atoms with Gasteiger partial charge in [-0.05, 0) is 23.8 Å². The summed E-state index contributed by atoms with van der Waals surface area (Å²) in [4.78, 5) is 13.8.